The number of carbonyl (C=O) groups excluding carboxylic acids is 1. The highest BCUT2D eigenvalue weighted by atomic mass is 32.2. The summed E-state index contributed by atoms with van der Waals surface area (Å²) in [6, 6.07) is 12.9. The molecular weight excluding hydrogens is 416 g/mol. The smallest absolute Gasteiger partial charge is 0.248 e. The molecule has 0 spiro atoms. The first kappa shape index (κ1) is 22.9. The molecule has 0 aromatic heterocycles. The Kier molecular flexibility index (Phi) is 7.43. The molecule has 168 valence electrons. The predicted molar refractivity (Wildman–Crippen MR) is 122 cm³/mol. The van der Waals surface area contributed by atoms with E-state index < -0.39 is 22.0 Å². The number of nitrogens with one attached hydrogen (secondary N) is 1. The maximum Gasteiger partial charge on any atom is 0.248 e. The molecule has 2 aromatic carbocycles. The monoisotopic (exact) mass is 446 g/mol. The van der Waals surface area contributed by atoms with E-state index in [0.29, 0.717) is 23.5 Å². The minimum atomic E-state index is -3.71. The van der Waals surface area contributed by atoms with Crippen molar-refractivity contribution in [3.63, 3.8) is 0 Å². The molecule has 1 amide bonds. The molecular formula is C23H30N2O5S. The molecule has 8 heteroatoms. The van der Waals surface area contributed by atoms with E-state index in [2.05, 4.69) is 5.32 Å². The first-order valence-electron chi connectivity index (χ1n) is 10.5. The fourth-order valence-corrected chi connectivity index (χ4v) is 5.05. The van der Waals surface area contributed by atoms with E-state index in [1.54, 1.807) is 43.3 Å². The second-order valence-electron chi connectivity index (χ2n) is 7.72. The highest BCUT2D eigenvalue weighted by molar-refractivity contribution is 7.92. The van der Waals surface area contributed by atoms with Crippen LogP contribution < -0.4 is 19.1 Å². The molecule has 1 N–H and O–H groups in total. The van der Waals surface area contributed by atoms with Gasteiger partial charge in [0.15, 0.2) is 0 Å². The maximum absolute atomic E-state index is 13.0. The normalized spacial score (nSPS) is 15.3. The van der Waals surface area contributed by atoms with Gasteiger partial charge in [-0.15, -0.1) is 0 Å². The third kappa shape index (κ3) is 5.91. The lowest BCUT2D eigenvalue weighted by molar-refractivity contribution is -0.117. The molecule has 1 saturated carbocycles. The number of carbonyl (C=O) groups is 1. The van der Waals surface area contributed by atoms with Gasteiger partial charge in [0, 0.05) is 11.8 Å². The molecule has 0 unspecified atom stereocenters. The van der Waals surface area contributed by atoms with Crippen molar-refractivity contribution in [2.45, 2.75) is 51.2 Å². The molecule has 0 aliphatic heterocycles. The number of benzene rings is 2. The van der Waals surface area contributed by atoms with Crippen LogP contribution >= 0.6 is 0 Å². The lowest BCUT2D eigenvalue weighted by Crippen LogP contribution is -2.47. The van der Waals surface area contributed by atoms with Crippen LogP contribution in [0.1, 0.15) is 39.0 Å². The van der Waals surface area contributed by atoms with Gasteiger partial charge in [-0.25, -0.2) is 8.42 Å². The summed E-state index contributed by atoms with van der Waals surface area (Å²) in [5, 5.41) is 2.83. The number of amides is 1. The summed E-state index contributed by atoms with van der Waals surface area (Å²) in [6.07, 6.45) is 6.19. The van der Waals surface area contributed by atoms with Crippen molar-refractivity contribution in [3.05, 3.63) is 48.5 Å². The summed E-state index contributed by atoms with van der Waals surface area (Å²) in [5.41, 5.74) is 0.963. The molecule has 1 fully saturated rings. The zero-order valence-corrected chi connectivity index (χ0v) is 19.0. The number of nitrogens with zero attached hydrogens (tertiary/aromatic N) is 1. The number of anilines is 2. The van der Waals surface area contributed by atoms with Crippen molar-refractivity contribution in [3.8, 4) is 11.5 Å². The Morgan fingerprint density at radius 1 is 1.13 bits per heavy atom. The number of sulfonamides is 1. The van der Waals surface area contributed by atoms with Gasteiger partial charge < -0.3 is 14.8 Å². The van der Waals surface area contributed by atoms with E-state index >= 15 is 0 Å². The van der Waals surface area contributed by atoms with Gasteiger partial charge in [-0.05, 0) is 68.5 Å². The zero-order valence-electron chi connectivity index (χ0n) is 18.2. The summed E-state index contributed by atoms with van der Waals surface area (Å²) < 4.78 is 37.5. The Morgan fingerprint density at radius 3 is 2.39 bits per heavy atom. The van der Waals surface area contributed by atoms with Crippen LogP contribution in [-0.2, 0) is 14.8 Å². The van der Waals surface area contributed by atoms with Crippen LogP contribution in [0, 0.1) is 0 Å². The SMILES string of the molecule is CC[C@@H](C(=O)Nc1ccc(OC2CCCC2)cc1)N(c1cccc(OC)c1)S(C)(=O)=O. The van der Waals surface area contributed by atoms with E-state index in [-0.39, 0.29) is 6.10 Å². The third-order valence-corrected chi connectivity index (χ3v) is 6.54. The summed E-state index contributed by atoms with van der Waals surface area (Å²) in [6.45, 7) is 1.78. The first-order chi connectivity index (χ1) is 14.8. The minimum Gasteiger partial charge on any atom is -0.497 e. The van der Waals surface area contributed by atoms with Crippen LogP contribution in [0.25, 0.3) is 0 Å². The van der Waals surface area contributed by atoms with Crippen LogP contribution in [0.4, 0.5) is 11.4 Å². The largest absolute Gasteiger partial charge is 0.497 e. The summed E-state index contributed by atoms with van der Waals surface area (Å²) in [5.74, 6) is 0.880. The molecule has 0 bridgehead atoms. The molecule has 7 nitrogen and oxygen atoms in total. The standard InChI is InChI=1S/C23H30N2O5S/c1-4-22(25(31(3,27)28)18-8-7-11-21(16-18)29-2)23(26)24-17-12-14-20(15-13-17)30-19-9-5-6-10-19/h7-8,11-16,19,22H,4-6,9-10H2,1-3H3,(H,24,26)/t22-/m0/s1. The Morgan fingerprint density at radius 2 is 1.81 bits per heavy atom. The molecule has 1 aliphatic rings. The molecule has 0 saturated heterocycles. The number of hydrogen-bond donors (Lipinski definition) is 1. The van der Waals surface area contributed by atoms with Crippen LogP contribution in [0.2, 0.25) is 0 Å². The van der Waals surface area contributed by atoms with Crippen LogP contribution in [0.5, 0.6) is 11.5 Å². The van der Waals surface area contributed by atoms with Crippen molar-refractivity contribution in [1.82, 2.24) is 0 Å². The van der Waals surface area contributed by atoms with Gasteiger partial charge in [-0.2, -0.15) is 0 Å². The molecule has 0 radical (unpaired) electrons. The Labute approximate surface area is 184 Å². The van der Waals surface area contributed by atoms with Crippen LogP contribution in [0.15, 0.2) is 48.5 Å². The van der Waals surface area contributed by atoms with Gasteiger partial charge in [0.05, 0.1) is 25.2 Å². The Balaban J connectivity index is 1.76. The Bertz CT molecular complexity index is 985. The van der Waals surface area contributed by atoms with Gasteiger partial charge in [0.25, 0.3) is 0 Å². The Hall–Kier alpha value is -2.74. The third-order valence-electron chi connectivity index (χ3n) is 5.36. The summed E-state index contributed by atoms with van der Waals surface area (Å²) in [4.78, 5) is 13.0. The molecule has 3 rings (SSSR count). The van der Waals surface area contributed by atoms with E-state index in [9.17, 15) is 13.2 Å². The van der Waals surface area contributed by atoms with E-state index in [4.69, 9.17) is 9.47 Å². The van der Waals surface area contributed by atoms with Crippen molar-refractivity contribution in [1.29, 1.82) is 0 Å². The van der Waals surface area contributed by atoms with Crippen LogP contribution in [0.3, 0.4) is 0 Å². The predicted octanol–water partition coefficient (Wildman–Crippen LogP) is 4.20. The average Bonchev–Trinajstić information content (AvgIpc) is 3.25. The topological polar surface area (TPSA) is 84.9 Å². The van der Waals surface area contributed by atoms with Crippen molar-refractivity contribution in [2.24, 2.45) is 0 Å². The number of hydrogen-bond acceptors (Lipinski definition) is 5. The molecule has 1 atom stereocenters. The molecule has 2 aromatic rings. The van der Waals surface area contributed by atoms with E-state index in [0.717, 1.165) is 29.2 Å². The van der Waals surface area contributed by atoms with Gasteiger partial charge >= 0.3 is 0 Å². The minimum absolute atomic E-state index is 0.260. The molecule has 31 heavy (non-hydrogen) atoms. The maximum atomic E-state index is 13.0. The molecule has 0 heterocycles. The zero-order chi connectivity index (χ0) is 22.4. The van der Waals surface area contributed by atoms with Crippen LogP contribution in [-0.4, -0.2) is 39.8 Å². The fourth-order valence-electron chi connectivity index (χ4n) is 3.85. The summed E-state index contributed by atoms with van der Waals surface area (Å²) >= 11 is 0. The number of rotatable bonds is 9. The second kappa shape index (κ2) is 10.0. The van der Waals surface area contributed by atoms with E-state index in [1.165, 1.54) is 20.0 Å². The van der Waals surface area contributed by atoms with Gasteiger partial charge in [-0.3, -0.25) is 9.10 Å². The van der Waals surface area contributed by atoms with Gasteiger partial charge in [-0.1, -0.05) is 13.0 Å². The first-order valence-corrected chi connectivity index (χ1v) is 12.4. The van der Waals surface area contributed by atoms with Crippen molar-refractivity contribution >= 4 is 27.3 Å². The number of ether oxygens (including phenoxy) is 2. The number of methoxy groups -OCH3 is 1. The van der Waals surface area contributed by atoms with Crippen molar-refractivity contribution < 1.29 is 22.7 Å². The highest BCUT2D eigenvalue weighted by Crippen LogP contribution is 2.28. The van der Waals surface area contributed by atoms with Gasteiger partial charge in [0.1, 0.15) is 17.5 Å². The highest BCUT2D eigenvalue weighted by Gasteiger charge is 2.31. The van der Waals surface area contributed by atoms with Gasteiger partial charge in [0.2, 0.25) is 15.9 Å². The molecule has 1 aliphatic carbocycles. The lowest BCUT2D eigenvalue weighted by atomic mass is 10.1. The lowest BCUT2D eigenvalue weighted by Gasteiger charge is -2.30. The van der Waals surface area contributed by atoms with Crippen molar-refractivity contribution in [2.75, 3.05) is 23.0 Å². The fraction of sp³-hybridized carbons (Fsp3) is 0.435. The second-order valence-corrected chi connectivity index (χ2v) is 9.58. The van der Waals surface area contributed by atoms with E-state index in [1.807, 2.05) is 12.1 Å². The quantitative estimate of drug-likeness (QED) is 0.624. The summed E-state index contributed by atoms with van der Waals surface area (Å²) in [7, 11) is -2.21. The average molecular weight is 447 g/mol.